The molecule has 4 rings (SSSR count). The fourth-order valence-corrected chi connectivity index (χ4v) is 7.32. The first-order valence-electron chi connectivity index (χ1n) is 12.2. The monoisotopic (exact) mass is 523 g/mol. The van der Waals surface area contributed by atoms with Crippen LogP contribution in [-0.4, -0.2) is 62.8 Å². The van der Waals surface area contributed by atoms with Gasteiger partial charge in [-0.25, -0.2) is 8.42 Å². The molecule has 2 fully saturated rings. The average molecular weight is 524 g/mol. The quantitative estimate of drug-likeness (QED) is 0.597. The first-order valence-corrected chi connectivity index (χ1v) is 13.6. The van der Waals surface area contributed by atoms with Crippen molar-refractivity contribution in [1.82, 2.24) is 9.21 Å². The van der Waals surface area contributed by atoms with Crippen LogP contribution < -0.4 is 4.90 Å². The van der Waals surface area contributed by atoms with Crippen molar-refractivity contribution in [3.05, 3.63) is 58.7 Å². The maximum atomic E-state index is 13.5. The topological polar surface area (TPSA) is 60.9 Å². The minimum Gasteiger partial charge on any atom is -0.368 e. The van der Waals surface area contributed by atoms with Gasteiger partial charge >= 0.3 is 6.18 Å². The van der Waals surface area contributed by atoms with Crippen LogP contribution in [0, 0.1) is 26.7 Å². The molecule has 1 amide bonds. The highest BCUT2D eigenvalue weighted by Crippen LogP contribution is 2.33. The summed E-state index contributed by atoms with van der Waals surface area (Å²) in [6, 6.07) is 8.94. The van der Waals surface area contributed by atoms with Crippen molar-refractivity contribution in [1.29, 1.82) is 0 Å². The second kappa shape index (κ2) is 10.0. The molecule has 2 aromatic carbocycles. The molecule has 0 unspecified atom stereocenters. The Labute approximate surface area is 210 Å². The van der Waals surface area contributed by atoms with Crippen molar-refractivity contribution >= 4 is 21.6 Å². The van der Waals surface area contributed by atoms with Crippen molar-refractivity contribution in [2.75, 3.05) is 44.2 Å². The Bertz CT molecular complexity index is 1220. The molecular weight excluding hydrogens is 491 g/mol. The van der Waals surface area contributed by atoms with Crippen LogP contribution in [0.2, 0.25) is 0 Å². The molecule has 0 aliphatic carbocycles. The summed E-state index contributed by atoms with van der Waals surface area (Å²) in [4.78, 5) is 17.2. The maximum Gasteiger partial charge on any atom is 0.416 e. The zero-order valence-corrected chi connectivity index (χ0v) is 21.6. The average Bonchev–Trinajstić information content (AvgIpc) is 2.82. The molecule has 0 spiro atoms. The number of rotatable bonds is 4. The van der Waals surface area contributed by atoms with Gasteiger partial charge in [0.1, 0.15) is 0 Å². The molecule has 0 radical (unpaired) electrons. The summed E-state index contributed by atoms with van der Waals surface area (Å²) in [6.45, 7) is 7.64. The number of alkyl halides is 3. The summed E-state index contributed by atoms with van der Waals surface area (Å²) in [5, 5.41) is 0. The van der Waals surface area contributed by atoms with Crippen LogP contribution in [-0.2, 0) is 21.0 Å². The number of piperidine rings is 1. The van der Waals surface area contributed by atoms with Gasteiger partial charge in [-0.05, 0) is 62.9 Å². The predicted molar refractivity (Wildman–Crippen MR) is 132 cm³/mol. The van der Waals surface area contributed by atoms with Crippen LogP contribution in [0.5, 0.6) is 0 Å². The van der Waals surface area contributed by atoms with Gasteiger partial charge in [-0.15, -0.1) is 0 Å². The van der Waals surface area contributed by atoms with E-state index in [9.17, 15) is 26.4 Å². The molecule has 2 aliphatic heterocycles. The van der Waals surface area contributed by atoms with E-state index in [4.69, 9.17) is 0 Å². The van der Waals surface area contributed by atoms with Crippen LogP contribution in [0.25, 0.3) is 0 Å². The van der Waals surface area contributed by atoms with Crippen LogP contribution in [0.1, 0.15) is 35.1 Å². The first-order chi connectivity index (χ1) is 16.9. The Balaban J connectivity index is 1.42. The van der Waals surface area contributed by atoms with E-state index in [2.05, 4.69) is 0 Å². The maximum absolute atomic E-state index is 13.5. The molecule has 36 heavy (non-hydrogen) atoms. The molecule has 1 atom stereocenters. The molecule has 2 aromatic rings. The number of sulfonamides is 1. The molecule has 10 heteroatoms. The van der Waals surface area contributed by atoms with Crippen molar-refractivity contribution < 1.29 is 26.4 Å². The number of aryl methyl sites for hydroxylation is 3. The summed E-state index contributed by atoms with van der Waals surface area (Å²) in [5.41, 5.74) is 2.19. The second-order valence-corrected chi connectivity index (χ2v) is 11.7. The Morgan fingerprint density at radius 2 is 1.58 bits per heavy atom. The van der Waals surface area contributed by atoms with Crippen molar-refractivity contribution in [2.24, 2.45) is 5.92 Å². The van der Waals surface area contributed by atoms with E-state index >= 15 is 0 Å². The standard InChI is InChI=1S/C26H32F3N3O3S/c1-18-14-19(2)24(20(3)15-18)36(34,35)32-9-5-6-21(17-32)25(33)31-12-10-30(11-13-31)23-8-4-7-22(16-23)26(27,28)29/h4,7-8,14-16,21H,5-6,9-13,17H2,1-3H3/t21-/m0/s1. The SMILES string of the molecule is Cc1cc(C)c(S(=O)(=O)N2CCC[C@H](C(=O)N3CCN(c4cccc(C(F)(F)F)c4)CC3)C2)c(C)c1. The lowest BCUT2D eigenvalue weighted by molar-refractivity contribution is -0.137. The number of amides is 1. The third-order valence-electron chi connectivity index (χ3n) is 7.07. The number of carbonyl (C=O) groups is 1. The van der Waals surface area contributed by atoms with Gasteiger partial charge < -0.3 is 9.80 Å². The highest BCUT2D eigenvalue weighted by molar-refractivity contribution is 7.89. The van der Waals surface area contributed by atoms with Crippen LogP contribution in [0.4, 0.5) is 18.9 Å². The molecule has 2 heterocycles. The Morgan fingerprint density at radius 3 is 2.19 bits per heavy atom. The highest BCUT2D eigenvalue weighted by atomic mass is 32.2. The number of nitrogens with zero attached hydrogens (tertiary/aromatic N) is 3. The van der Waals surface area contributed by atoms with Crippen molar-refractivity contribution in [3.63, 3.8) is 0 Å². The Kier molecular flexibility index (Phi) is 7.39. The molecule has 196 valence electrons. The normalized spacial score (nSPS) is 20.0. The highest BCUT2D eigenvalue weighted by Gasteiger charge is 2.37. The smallest absolute Gasteiger partial charge is 0.368 e. The number of piperazine rings is 1. The lowest BCUT2D eigenvalue weighted by Gasteiger charge is -2.39. The van der Waals surface area contributed by atoms with Crippen LogP contribution in [0.15, 0.2) is 41.3 Å². The largest absolute Gasteiger partial charge is 0.416 e. The van der Waals surface area contributed by atoms with E-state index in [0.29, 0.717) is 67.3 Å². The number of hydrogen-bond donors (Lipinski definition) is 0. The predicted octanol–water partition coefficient (Wildman–Crippen LogP) is 4.38. The van der Waals surface area contributed by atoms with Crippen molar-refractivity contribution in [2.45, 2.75) is 44.7 Å². The van der Waals surface area contributed by atoms with Gasteiger partial charge in [0, 0.05) is 45.0 Å². The van der Waals surface area contributed by atoms with E-state index in [0.717, 1.165) is 17.7 Å². The minimum absolute atomic E-state index is 0.0871. The number of carbonyl (C=O) groups excluding carboxylic acids is 1. The van der Waals surface area contributed by atoms with Gasteiger partial charge in [-0.3, -0.25) is 4.79 Å². The second-order valence-electron chi connectivity index (χ2n) is 9.79. The van der Waals surface area contributed by atoms with E-state index in [1.807, 2.05) is 24.0 Å². The molecular formula is C26H32F3N3O3S. The zero-order chi connectivity index (χ0) is 26.3. The molecule has 2 saturated heterocycles. The number of hydrogen-bond acceptors (Lipinski definition) is 4. The number of halogens is 3. The van der Waals surface area contributed by atoms with E-state index in [1.54, 1.807) is 24.8 Å². The van der Waals surface area contributed by atoms with E-state index < -0.39 is 27.7 Å². The van der Waals surface area contributed by atoms with Gasteiger partial charge in [0.05, 0.1) is 16.4 Å². The van der Waals surface area contributed by atoms with E-state index in [1.165, 1.54) is 10.4 Å². The van der Waals surface area contributed by atoms with Gasteiger partial charge in [-0.2, -0.15) is 17.5 Å². The Morgan fingerprint density at radius 1 is 0.944 bits per heavy atom. The summed E-state index contributed by atoms with van der Waals surface area (Å²) in [6.07, 6.45) is -3.19. The molecule has 0 bridgehead atoms. The molecule has 0 N–H and O–H groups in total. The third-order valence-corrected chi connectivity index (χ3v) is 9.24. The summed E-state index contributed by atoms with van der Waals surface area (Å²) >= 11 is 0. The van der Waals surface area contributed by atoms with Crippen LogP contribution >= 0.6 is 0 Å². The fraction of sp³-hybridized carbons (Fsp3) is 0.500. The lowest BCUT2D eigenvalue weighted by atomic mass is 9.97. The number of benzene rings is 2. The Hall–Kier alpha value is -2.59. The minimum atomic E-state index is -4.41. The number of anilines is 1. The lowest BCUT2D eigenvalue weighted by Crippen LogP contribution is -2.53. The summed E-state index contributed by atoms with van der Waals surface area (Å²) in [7, 11) is -3.74. The van der Waals surface area contributed by atoms with Gasteiger partial charge in [0.25, 0.3) is 0 Å². The summed E-state index contributed by atoms with van der Waals surface area (Å²) in [5.74, 6) is -0.518. The van der Waals surface area contributed by atoms with Crippen LogP contribution in [0.3, 0.4) is 0 Å². The van der Waals surface area contributed by atoms with Crippen molar-refractivity contribution in [3.8, 4) is 0 Å². The van der Waals surface area contributed by atoms with Gasteiger partial charge in [-0.1, -0.05) is 23.8 Å². The molecule has 0 saturated carbocycles. The van der Waals surface area contributed by atoms with E-state index in [-0.39, 0.29) is 12.5 Å². The fourth-order valence-electron chi connectivity index (χ4n) is 5.39. The van der Waals surface area contributed by atoms with Gasteiger partial charge in [0.15, 0.2) is 0 Å². The third kappa shape index (κ3) is 5.39. The zero-order valence-electron chi connectivity index (χ0n) is 20.8. The molecule has 2 aliphatic rings. The first kappa shape index (κ1) is 26.5. The molecule has 6 nitrogen and oxygen atoms in total. The van der Waals surface area contributed by atoms with Gasteiger partial charge in [0.2, 0.25) is 15.9 Å². The summed E-state index contributed by atoms with van der Waals surface area (Å²) < 4.78 is 67.7. The molecule has 0 aromatic heterocycles.